The molecule has 2 heterocycles. The maximum atomic E-state index is 8.89. The molecule has 6 aromatic carbocycles. The van der Waals surface area contributed by atoms with Gasteiger partial charge in [-0.15, -0.1) is 59.2 Å². The van der Waals surface area contributed by atoms with Crippen LogP contribution in [-0.4, -0.2) is 22.6 Å². The molecule has 0 amide bonds. The smallest absolute Gasteiger partial charge is 0.0798 e. The van der Waals surface area contributed by atoms with Gasteiger partial charge in [-0.1, -0.05) is 143 Å². The molecular formula is C53H48IrN4Si-2. The molecule has 1 aliphatic carbocycles. The average molecular weight is 961 g/mol. The Hall–Kier alpha value is -5.70. The second-order valence-electron chi connectivity index (χ2n) is 17.2. The normalized spacial score (nSPS) is 12.5. The fraction of sp³-hybridized carbons (Fsp3) is 0.189. The van der Waals surface area contributed by atoms with E-state index in [-0.39, 0.29) is 25.5 Å². The van der Waals surface area contributed by atoms with Crippen molar-refractivity contribution in [3.8, 4) is 56.7 Å². The molecule has 4 nitrogen and oxygen atoms in total. The van der Waals surface area contributed by atoms with Crippen LogP contribution in [0.4, 0.5) is 0 Å². The summed E-state index contributed by atoms with van der Waals surface area (Å²) in [6.45, 7) is 16.2. The second kappa shape index (κ2) is 16.9. The first kappa shape index (κ1) is 41.5. The molecule has 0 N–H and O–H groups in total. The molecule has 0 fully saturated rings. The van der Waals surface area contributed by atoms with Crippen LogP contribution in [0.1, 0.15) is 49.9 Å². The number of nitriles is 1. The van der Waals surface area contributed by atoms with Gasteiger partial charge in [0.15, 0.2) is 0 Å². The number of pyridine rings is 1. The maximum absolute atomic E-state index is 8.89. The van der Waals surface area contributed by atoms with Crippen LogP contribution < -0.4 is 5.19 Å². The summed E-state index contributed by atoms with van der Waals surface area (Å²) in [5.74, 6) is 1.53. The Morgan fingerprint density at radius 1 is 0.729 bits per heavy atom. The van der Waals surface area contributed by atoms with E-state index in [0.717, 1.165) is 45.8 Å². The van der Waals surface area contributed by atoms with Crippen LogP contribution in [0.15, 0.2) is 146 Å². The number of para-hydroxylation sites is 2. The Kier molecular flexibility index (Phi) is 11.9. The summed E-state index contributed by atoms with van der Waals surface area (Å²) in [6, 6.07) is 57.4. The van der Waals surface area contributed by atoms with E-state index in [1.165, 1.54) is 44.1 Å². The van der Waals surface area contributed by atoms with Gasteiger partial charge in [-0.3, -0.25) is 4.98 Å². The molecule has 0 spiro atoms. The molecule has 1 aliphatic rings. The van der Waals surface area contributed by atoms with Crippen molar-refractivity contribution < 1.29 is 20.1 Å². The first-order valence-corrected chi connectivity index (χ1v) is 23.6. The fourth-order valence-corrected chi connectivity index (χ4v) is 9.84. The molecule has 0 saturated carbocycles. The molecule has 295 valence electrons. The van der Waals surface area contributed by atoms with Crippen molar-refractivity contribution in [2.75, 3.05) is 0 Å². The van der Waals surface area contributed by atoms with E-state index in [1.807, 2.05) is 18.2 Å². The summed E-state index contributed by atoms with van der Waals surface area (Å²) in [5.41, 5.74) is 15.8. The zero-order valence-corrected chi connectivity index (χ0v) is 38.2. The standard InChI is InChI=1S/C34H25N2.C19H23N2Si.Ir/c1-34(2)29-13-7-6-12-27(29)28-22-25(18-21-30(28)34)33-35-31-14-8-9-15-32(31)36(33)26-19-16-24(17-20-26)23-10-4-3-5-11-23;1-14(2)10-17-11-18(21-13-19(17)22(3,4)5)16-8-6-15(12-20)7-9-16;/h3-17,19-22H,1-2H3;6-8,11,13-14H,10H2,1-5H3;/q2*-1;. The van der Waals surface area contributed by atoms with E-state index in [4.69, 9.17) is 10.2 Å². The van der Waals surface area contributed by atoms with Gasteiger partial charge in [0.2, 0.25) is 0 Å². The van der Waals surface area contributed by atoms with Crippen molar-refractivity contribution in [1.82, 2.24) is 14.5 Å². The predicted octanol–water partition coefficient (Wildman–Crippen LogP) is 12.6. The van der Waals surface area contributed by atoms with E-state index >= 15 is 0 Å². The zero-order valence-electron chi connectivity index (χ0n) is 34.8. The Labute approximate surface area is 364 Å². The van der Waals surface area contributed by atoms with Crippen LogP contribution >= 0.6 is 0 Å². The van der Waals surface area contributed by atoms with Gasteiger partial charge in [-0.2, -0.15) is 0 Å². The van der Waals surface area contributed by atoms with E-state index in [2.05, 4.69) is 197 Å². The third kappa shape index (κ3) is 8.29. The summed E-state index contributed by atoms with van der Waals surface area (Å²) in [5, 5.41) is 10.3. The number of nitrogens with zero attached hydrogens (tertiary/aromatic N) is 4. The molecule has 8 aromatic rings. The van der Waals surface area contributed by atoms with Crippen molar-refractivity contribution >= 4 is 24.3 Å². The number of hydrogen-bond donors (Lipinski definition) is 0. The van der Waals surface area contributed by atoms with E-state index in [1.54, 1.807) is 6.07 Å². The van der Waals surface area contributed by atoms with Crippen LogP contribution in [0.5, 0.6) is 0 Å². The Bertz CT molecular complexity index is 2790. The predicted molar refractivity (Wildman–Crippen MR) is 243 cm³/mol. The van der Waals surface area contributed by atoms with Crippen LogP contribution in [0.25, 0.3) is 61.6 Å². The number of imidazole rings is 1. The minimum atomic E-state index is -1.40. The van der Waals surface area contributed by atoms with Gasteiger partial charge in [-0.25, -0.2) is 5.26 Å². The summed E-state index contributed by atoms with van der Waals surface area (Å²) >= 11 is 0. The minimum absolute atomic E-state index is 0. The molecule has 59 heavy (non-hydrogen) atoms. The molecule has 0 saturated heterocycles. The third-order valence-corrected chi connectivity index (χ3v) is 13.3. The Morgan fingerprint density at radius 2 is 1.41 bits per heavy atom. The summed E-state index contributed by atoms with van der Waals surface area (Å²) < 4.78 is 2.26. The monoisotopic (exact) mass is 961 g/mol. The average Bonchev–Trinajstić information content (AvgIpc) is 3.73. The Balaban J connectivity index is 0.000000199. The topological polar surface area (TPSA) is 54.5 Å². The number of benzene rings is 6. The number of hydrogen-bond acceptors (Lipinski definition) is 3. The van der Waals surface area contributed by atoms with Crippen molar-refractivity contribution in [3.05, 3.63) is 180 Å². The van der Waals surface area contributed by atoms with Crippen molar-refractivity contribution in [3.63, 3.8) is 0 Å². The van der Waals surface area contributed by atoms with Gasteiger partial charge in [0, 0.05) is 38.1 Å². The quantitative estimate of drug-likeness (QED) is 0.118. The summed E-state index contributed by atoms with van der Waals surface area (Å²) in [7, 11) is -1.40. The number of aromatic nitrogens is 3. The first-order valence-electron chi connectivity index (χ1n) is 20.1. The Morgan fingerprint density at radius 3 is 2.10 bits per heavy atom. The zero-order chi connectivity index (χ0) is 40.6. The molecule has 0 bridgehead atoms. The fourth-order valence-electron chi connectivity index (χ4n) is 8.25. The largest absolute Gasteiger partial charge is 0.333 e. The van der Waals surface area contributed by atoms with E-state index in [9.17, 15) is 0 Å². The molecule has 0 atom stereocenters. The second-order valence-corrected chi connectivity index (χ2v) is 22.2. The molecule has 0 unspecified atom stereocenters. The molecule has 2 aromatic heterocycles. The van der Waals surface area contributed by atoms with E-state index < -0.39 is 8.07 Å². The number of fused-ring (bicyclic) bond motifs is 4. The minimum Gasteiger partial charge on any atom is -0.333 e. The van der Waals surface area contributed by atoms with Crippen LogP contribution in [0.2, 0.25) is 19.6 Å². The van der Waals surface area contributed by atoms with Crippen LogP contribution in [0, 0.1) is 29.4 Å². The van der Waals surface area contributed by atoms with Gasteiger partial charge < -0.3 is 9.55 Å². The van der Waals surface area contributed by atoms with Gasteiger partial charge in [0.1, 0.15) is 0 Å². The molecule has 9 rings (SSSR count). The number of rotatable bonds is 7. The van der Waals surface area contributed by atoms with Gasteiger partial charge in [0.05, 0.1) is 24.9 Å². The summed E-state index contributed by atoms with van der Waals surface area (Å²) in [4.78, 5) is 9.75. The van der Waals surface area contributed by atoms with Gasteiger partial charge in [0.25, 0.3) is 0 Å². The maximum Gasteiger partial charge on any atom is 0.0798 e. The van der Waals surface area contributed by atoms with E-state index in [0.29, 0.717) is 11.5 Å². The van der Waals surface area contributed by atoms with Crippen LogP contribution in [0.3, 0.4) is 0 Å². The summed E-state index contributed by atoms with van der Waals surface area (Å²) in [6.07, 6.45) is 3.14. The van der Waals surface area contributed by atoms with Crippen molar-refractivity contribution in [1.29, 1.82) is 5.26 Å². The molecule has 6 heteroatoms. The first-order chi connectivity index (χ1) is 27.9. The van der Waals surface area contributed by atoms with Gasteiger partial charge in [-0.05, 0) is 80.7 Å². The van der Waals surface area contributed by atoms with Crippen molar-refractivity contribution in [2.24, 2.45) is 5.92 Å². The van der Waals surface area contributed by atoms with Crippen LogP contribution in [-0.2, 0) is 31.9 Å². The van der Waals surface area contributed by atoms with Gasteiger partial charge >= 0.3 is 0 Å². The molecule has 0 aliphatic heterocycles. The SMILES string of the molecule is CC(C)Cc1cc(-c2[c-]cc(C#N)cc2)ncc1[Si](C)(C)C.CC1(C)c2c[c-]c(-c3nc4ccccc4n3-c3ccc(-c4ccccc4)cc3)cc2-c2ccccc21.[Ir]. The molecular weight excluding hydrogens is 913 g/mol. The van der Waals surface area contributed by atoms with Crippen molar-refractivity contribution in [2.45, 2.75) is 59.2 Å². The molecule has 1 radical (unpaired) electrons. The third-order valence-electron chi connectivity index (χ3n) is 11.2.